The molecule has 0 saturated carbocycles. The maximum Gasteiger partial charge on any atom is 0.306 e. The summed E-state index contributed by atoms with van der Waals surface area (Å²) in [5, 5.41) is 0. The first kappa shape index (κ1) is 19.2. The number of likely N-dealkylation sites (tertiary alicyclic amines) is 2. The summed E-state index contributed by atoms with van der Waals surface area (Å²) in [5.41, 5.74) is 0. The molecule has 2 heterocycles. The van der Waals surface area contributed by atoms with E-state index >= 15 is 0 Å². The Bertz CT molecular complexity index is 387. The Kier molecular flexibility index (Phi) is 7.04. The molecule has 2 aliphatic heterocycles. The van der Waals surface area contributed by atoms with Crippen molar-refractivity contribution in [3.8, 4) is 0 Å². The van der Waals surface area contributed by atoms with Gasteiger partial charge < -0.3 is 18.4 Å². The van der Waals surface area contributed by atoms with Crippen molar-refractivity contribution in [2.45, 2.75) is 38.5 Å². The molecule has 2 fully saturated rings. The van der Waals surface area contributed by atoms with E-state index in [0.29, 0.717) is 13.2 Å². The number of esters is 2. The van der Waals surface area contributed by atoms with Crippen LogP contribution in [0.5, 0.6) is 0 Å². The molecule has 0 aromatic rings. The highest BCUT2D eigenvalue weighted by Crippen LogP contribution is 2.16. The number of hydrogen-bond acceptors (Lipinski definition) is 4. The van der Waals surface area contributed by atoms with E-state index in [4.69, 9.17) is 9.47 Å². The fourth-order valence-corrected chi connectivity index (χ4v) is 3.75. The summed E-state index contributed by atoms with van der Waals surface area (Å²) in [6.45, 7) is 7.30. The van der Waals surface area contributed by atoms with E-state index in [2.05, 4.69) is 14.1 Å². The van der Waals surface area contributed by atoms with Gasteiger partial charge in [0, 0.05) is 25.7 Å². The van der Waals surface area contributed by atoms with Gasteiger partial charge in [-0.2, -0.15) is 0 Å². The normalized spacial score (nSPS) is 21.6. The van der Waals surface area contributed by atoms with E-state index < -0.39 is 0 Å². The van der Waals surface area contributed by atoms with Gasteiger partial charge in [0.05, 0.1) is 53.1 Å². The highest BCUT2D eigenvalue weighted by molar-refractivity contribution is 5.77. The molecule has 2 saturated heterocycles. The van der Waals surface area contributed by atoms with Gasteiger partial charge in [0.2, 0.25) is 0 Å². The smallest absolute Gasteiger partial charge is 0.306 e. The molecule has 0 atom stereocenters. The van der Waals surface area contributed by atoms with Crippen molar-refractivity contribution in [3.63, 3.8) is 0 Å². The molecular weight excluding hydrogens is 308 g/mol. The zero-order valence-electron chi connectivity index (χ0n) is 15.4. The van der Waals surface area contributed by atoms with E-state index in [1.54, 1.807) is 0 Å². The largest absolute Gasteiger partial charge is 0.460 e. The lowest BCUT2D eigenvalue weighted by Gasteiger charge is -2.28. The SMILES string of the molecule is C[N+]1(CCOC(=O)CCC(=O)OCC[N+]2(C)CCCC2)CCCC1. The number of carbonyl (C=O) groups excluding carboxylic acids is 2. The van der Waals surface area contributed by atoms with Crippen LogP contribution in [0.1, 0.15) is 38.5 Å². The lowest BCUT2D eigenvalue weighted by atomic mass is 10.3. The Morgan fingerprint density at radius 2 is 1.04 bits per heavy atom. The summed E-state index contributed by atoms with van der Waals surface area (Å²) >= 11 is 0. The van der Waals surface area contributed by atoms with Gasteiger partial charge in [-0.3, -0.25) is 9.59 Å². The van der Waals surface area contributed by atoms with Gasteiger partial charge in [0.25, 0.3) is 0 Å². The highest BCUT2D eigenvalue weighted by Gasteiger charge is 2.27. The molecule has 0 aromatic heterocycles. The van der Waals surface area contributed by atoms with Crippen molar-refractivity contribution < 1.29 is 28.0 Å². The average molecular weight is 342 g/mol. The molecule has 0 aliphatic carbocycles. The van der Waals surface area contributed by atoms with Crippen molar-refractivity contribution in [2.24, 2.45) is 0 Å². The summed E-state index contributed by atoms with van der Waals surface area (Å²) in [6, 6.07) is 0. The van der Waals surface area contributed by atoms with Crippen molar-refractivity contribution in [1.82, 2.24) is 0 Å². The second kappa shape index (κ2) is 8.81. The maximum atomic E-state index is 11.7. The predicted molar refractivity (Wildman–Crippen MR) is 91.2 cm³/mol. The molecule has 0 radical (unpaired) electrons. The Morgan fingerprint density at radius 3 is 1.38 bits per heavy atom. The van der Waals surface area contributed by atoms with Crippen LogP contribution >= 0.6 is 0 Å². The molecule has 0 bridgehead atoms. The van der Waals surface area contributed by atoms with Gasteiger partial charge >= 0.3 is 11.9 Å². The molecule has 6 nitrogen and oxygen atoms in total. The minimum Gasteiger partial charge on any atom is -0.460 e. The zero-order chi connectivity index (χ0) is 17.5. The van der Waals surface area contributed by atoms with Crippen LogP contribution in [0.3, 0.4) is 0 Å². The third-order valence-corrected chi connectivity index (χ3v) is 5.61. The molecule has 0 unspecified atom stereocenters. The van der Waals surface area contributed by atoms with Crippen LogP contribution in [0.2, 0.25) is 0 Å². The molecule has 0 aromatic carbocycles. The molecule has 6 heteroatoms. The van der Waals surface area contributed by atoms with E-state index in [0.717, 1.165) is 22.1 Å². The summed E-state index contributed by atoms with van der Waals surface area (Å²) in [6.07, 6.45) is 5.27. The molecule has 0 spiro atoms. The lowest BCUT2D eigenvalue weighted by molar-refractivity contribution is -0.897. The van der Waals surface area contributed by atoms with Crippen LogP contribution in [0.15, 0.2) is 0 Å². The summed E-state index contributed by atoms with van der Waals surface area (Å²) in [5.74, 6) is -0.590. The van der Waals surface area contributed by atoms with Crippen molar-refractivity contribution in [2.75, 3.05) is 66.6 Å². The maximum absolute atomic E-state index is 11.7. The summed E-state index contributed by atoms with van der Waals surface area (Å²) in [4.78, 5) is 23.4. The first-order chi connectivity index (χ1) is 11.4. The van der Waals surface area contributed by atoms with Gasteiger partial charge in [-0.25, -0.2) is 0 Å². The number of quaternary nitrogens is 2. The first-order valence-electron chi connectivity index (χ1n) is 9.39. The number of ether oxygens (including phenoxy) is 2. The number of likely N-dealkylation sites (N-methyl/N-ethyl adjacent to an activating group) is 2. The first-order valence-corrected chi connectivity index (χ1v) is 9.39. The number of carbonyl (C=O) groups is 2. The van der Waals surface area contributed by atoms with Crippen LogP contribution in [0.4, 0.5) is 0 Å². The van der Waals surface area contributed by atoms with E-state index in [-0.39, 0.29) is 24.8 Å². The average Bonchev–Trinajstić information content (AvgIpc) is 3.15. The fourth-order valence-electron chi connectivity index (χ4n) is 3.75. The molecule has 0 amide bonds. The minimum absolute atomic E-state index is 0.120. The second-order valence-electron chi connectivity index (χ2n) is 7.94. The van der Waals surface area contributed by atoms with Gasteiger partial charge in [-0.15, -0.1) is 0 Å². The van der Waals surface area contributed by atoms with E-state index in [9.17, 15) is 9.59 Å². The Hall–Kier alpha value is -1.14. The Morgan fingerprint density at radius 1 is 0.708 bits per heavy atom. The summed E-state index contributed by atoms with van der Waals surface area (Å²) < 4.78 is 12.5. The third-order valence-electron chi connectivity index (χ3n) is 5.61. The van der Waals surface area contributed by atoms with E-state index in [1.807, 2.05) is 0 Å². The number of nitrogens with zero attached hydrogens (tertiary/aromatic N) is 2. The molecule has 0 N–H and O–H groups in total. The third kappa shape index (κ3) is 6.40. The van der Waals surface area contributed by atoms with Crippen molar-refractivity contribution in [1.29, 1.82) is 0 Å². The number of rotatable bonds is 9. The fraction of sp³-hybridized carbons (Fsp3) is 0.889. The van der Waals surface area contributed by atoms with Crippen LogP contribution in [0.25, 0.3) is 0 Å². The lowest BCUT2D eigenvalue weighted by Crippen LogP contribution is -2.43. The Balaban J connectivity index is 1.50. The minimum atomic E-state index is -0.295. The summed E-state index contributed by atoms with van der Waals surface area (Å²) in [7, 11) is 4.42. The molecule has 24 heavy (non-hydrogen) atoms. The number of hydrogen-bond donors (Lipinski definition) is 0. The van der Waals surface area contributed by atoms with Crippen LogP contribution in [-0.4, -0.2) is 87.5 Å². The molecule has 2 aliphatic rings. The van der Waals surface area contributed by atoms with Crippen LogP contribution in [-0.2, 0) is 19.1 Å². The van der Waals surface area contributed by atoms with Crippen molar-refractivity contribution in [3.05, 3.63) is 0 Å². The Labute approximate surface area is 145 Å². The standard InChI is InChI=1S/C18H34N2O4/c1-19(9-3-4-10-19)13-15-23-17(21)7-8-18(22)24-16-14-20(2)11-5-6-12-20/h3-16H2,1-2H3/q+2. The topological polar surface area (TPSA) is 52.6 Å². The van der Waals surface area contributed by atoms with Crippen LogP contribution < -0.4 is 0 Å². The zero-order valence-corrected chi connectivity index (χ0v) is 15.4. The van der Waals surface area contributed by atoms with Crippen molar-refractivity contribution >= 4 is 11.9 Å². The second-order valence-corrected chi connectivity index (χ2v) is 7.94. The predicted octanol–water partition coefficient (Wildman–Crippen LogP) is 1.33. The highest BCUT2D eigenvalue weighted by atomic mass is 16.5. The molecule has 2 rings (SSSR count). The molecule has 138 valence electrons. The van der Waals surface area contributed by atoms with Gasteiger partial charge in [0.15, 0.2) is 0 Å². The van der Waals surface area contributed by atoms with Gasteiger partial charge in [-0.05, 0) is 0 Å². The van der Waals surface area contributed by atoms with Gasteiger partial charge in [-0.1, -0.05) is 0 Å². The van der Waals surface area contributed by atoms with E-state index in [1.165, 1.54) is 51.9 Å². The van der Waals surface area contributed by atoms with Crippen LogP contribution in [0, 0.1) is 0 Å². The monoisotopic (exact) mass is 342 g/mol. The quantitative estimate of drug-likeness (QED) is 0.469. The van der Waals surface area contributed by atoms with Gasteiger partial charge in [0.1, 0.15) is 26.3 Å². The molecular formula is C18H34N2O4+2.